The number of aliphatic imine (C=N–C) groups is 1. The number of rotatable bonds is 5. The van der Waals surface area contributed by atoms with E-state index < -0.39 is 0 Å². The molecule has 0 aliphatic heterocycles. The Morgan fingerprint density at radius 1 is 0.792 bits per heavy atom. The predicted octanol–water partition coefficient (Wildman–Crippen LogP) is 6.11. The van der Waals surface area contributed by atoms with Crippen LogP contribution in [0.4, 0.5) is 11.4 Å². The highest BCUT2D eigenvalue weighted by atomic mass is 15.2. The molecule has 128 valence electrons. The van der Waals surface area contributed by atoms with Crippen molar-refractivity contribution in [3.8, 4) is 0 Å². The summed E-state index contributed by atoms with van der Waals surface area (Å²) in [7, 11) is 0. The summed E-state index contributed by atoms with van der Waals surface area (Å²) in [6.45, 7) is 16.1. The van der Waals surface area contributed by atoms with E-state index in [2.05, 4.69) is 77.6 Å². The molecule has 0 atom stereocenters. The van der Waals surface area contributed by atoms with Crippen molar-refractivity contribution in [2.75, 3.05) is 11.4 Å². The number of hydrogen-bond acceptors (Lipinski definition) is 1. The second-order valence-electron chi connectivity index (χ2n) is 6.93. The first-order valence-electron chi connectivity index (χ1n) is 8.80. The van der Waals surface area contributed by atoms with Gasteiger partial charge in [-0.25, -0.2) is 4.99 Å². The van der Waals surface area contributed by atoms with Crippen LogP contribution in [0.2, 0.25) is 0 Å². The molecule has 0 N–H and O–H groups in total. The SMILES string of the molecule is CCCN(/C=N/c1c(C)cc(C)cc1C)c1c(C)cc(C)cc1C. The van der Waals surface area contributed by atoms with Gasteiger partial charge in [-0.05, 0) is 70.2 Å². The molecule has 2 rings (SSSR count). The number of anilines is 1. The van der Waals surface area contributed by atoms with Crippen LogP contribution in [0.15, 0.2) is 29.3 Å². The molecule has 0 saturated carbocycles. The van der Waals surface area contributed by atoms with Gasteiger partial charge in [0.05, 0.1) is 12.0 Å². The molecule has 0 saturated heterocycles. The molecule has 24 heavy (non-hydrogen) atoms. The van der Waals surface area contributed by atoms with Crippen LogP contribution in [0.5, 0.6) is 0 Å². The summed E-state index contributed by atoms with van der Waals surface area (Å²) in [5.41, 5.74) is 10.1. The van der Waals surface area contributed by atoms with E-state index in [9.17, 15) is 0 Å². The minimum Gasteiger partial charge on any atom is -0.332 e. The Labute approximate surface area is 147 Å². The van der Waals surface area contributed by atoms with Crippen molar-refractivity contribution in [1.29, 1.82) is 0 Å². The van der Waals surface area contributed by atoms with Gasteiger partial charge >= 0.3 is 0 Å². The van der Waals surface area contributed by atoms with Crippen LogP contribution in [0, 0.1) is 41.5 Å². The number of nitrogens with zero attached hydrogens (tertiary/aromatic N) is 2. The van der Waals surface area contributed by atoms with Gasteiger partial charge in [0.1, 0.15) is 0 Å². The zero-order valence-corrected chi connectivity index (χ0v) is 16.2. The van der Waals surface area contributed by atoms with Gasteiger partial charge in [0, 0.05) is 12.2 Å². The summed E-state index contributed by atoms with van der Waals surface area (Å²) in [5, 5.41) is 0. The molecule has 0 amide bonds. The number of aryl methyl sites for hydroxylation is 6. The lowest BCUT2D eigenvalue weighted by molar-refractivity contribution is 0.904. The molecule has 0 bridgehead atoms. The molecule has 0 fully saturated rings. The largest absolute Gasteiger partial charge is 0.332 e. The lowest BCUT2D eigenvalue weighted by Gasteiger charge is -2.24. The van der Waals surface area contributed by atoms with Crippen molar-refractivity contribution >= 4 is 17.7 Å². The average Bonchev–Trinajstić information content (AvgIpc) is 2.44. The van der Waals surface area contributed by atoms with E-state index in [-0.39, 0.29) is 0 Å². The van der Waals surface area contributed by atoms with Crippen LogP contribution in [-0.4, -0.2) is 12.9 Å². The van der Waals surface area contributed by atoms with Gasteiger partial charge in [-0.2, -0.15) is 0 Å². The van der Waals surface area contributed by atoms with Crippen molar-refractivity contribution < 1.29 is 0 Å². The van der Waals surface area contributed by atoms with E-state index in [4.69, 9.17) is 4.99 Å². The van der Waals surface area contributed by atoms with Crippen LogP contribution in [0.25, 0.3) is 0 Å². The van der Waals surface area contributed by atoms with Crippen molar-refractivity contribution in [2.45, 2.75) is 54.9 Å². The highest BCUT2D eigenvalue weighted by molar-refractivity contribution is 5.84. The van der Waals surface area contributed by atoms with Crippen LogP contribution in [-0.2, 0) is 0 Å². The molecule has 2 aromatic rings. The maximum absolute atomic E-state index is 4.85. The van der Waals surface area contributed by atoms with Gasteiger partial charge < -0.3 is 4.90 Å². The van der Waals surface area contributed by atoms with Crippen molar-refractivity contribution in [1.82, 2.24) is 0 Å². The monoisotopic (exact) mass is 322 g/mol. The Morgan fingerprint density at radius 2 is 1.25 bits per heavy atom. The highest BCUT2D eigenvalue weighted by Crippen LogP contribution is 2.28. The number of benzene rings is 2. The standard InChI is InChI=1S/C22H30N2/c1-8-9-24(22-19(6)12-16(3)13-20(22)7)14-23-21-17(4)10-15(2)11-18(21)5/h10-14H,8-9H2,1-7H3/b23-14+. The van der Waals surface area contributed by atoms with Gasteiger partial charge in [0.2, 0.25) is 0 Å². The normalized spacial score (nSPS) is 11.3. The molecule has 2 nitrogen and oxygen atoms in total. The van der Waals surface area contributed by atoms with Gasteiger partial charge in [-0.1, -0.05) is 42.3 Å². The second kappa shape index (κ2) is 7.65. The van der Waals surface area contributed by atoms with E-state index in [0.29, 0.717) is 0 Å². The molecule has 0 heterocycles. The van der Waals surface area contributed by atoms with Crippen molar-refractivity contribution in [3.05, 3.63) is 57.6 Å². The predicted molar refractivity (Wildman–Crippen MR) is 107 cm³/mol. The summed E-state index contributed by atoms with van der Waals surface area (Å²) in [5.74, 6) is 0. The first kappa shape index (κ1) is 18.3. The molecule has 0 spiro atoms. The molecule has 0 aliphatic carbocycles. The Hall–Kier alpha value is -2.09. The zero-order valence-electron chi connectivity index (χ0n) is 16.2. The Kier molecular flexibility index (Phi) is 5.82. The second-order valence-corrected chi connectivity index (χ2v) is 6.93. The van der Waals surface area contributed by atoms with Gasteiger partial charge in [0.15, 0.2) is 0 Å². The zero-order chi connectivity index (χ0) is 17.9. The number of hydrogen-bond donors (Lipinski definition) is 0. The van der Waals surface area contributed by atoms with Crippen LogP contribution < -0.4 is 4.90 Å². The summed E-state index contributed by atoms with van der Waals surface area (Å²) >= 11 is 0. The quantitative estimate of drug-likeness (QED) is 0.479. The van der Waals surface area contributed by atoms with Gasteiger partial charge in [0.25, 0.3) is 0 Å². The van der Waals surface area contributed by atoms with E-state index in [0.717, 1.165) is 18.7 Å². The fourth-order valence-corrected chi connectivity index (χ4v) is 3.60. The first-order valence-corrected chi connectivity index (χ1v) is 8.80. The topological polar surface area (TPSA) is 15.6 Å². The molecule has 0 aromatic heterocycles. The van der Waals surface area contributed by atoms with E-state index >= 15 is 0 Å². The molecular weight excluding hydrogens is 292 g/mol. The maximum atomic E-state index is 4.85. The van der Waals surface area contributed by atoms with Crippen molar-refractivity contribution in [3.63, 3.8) is 0 Å². The van der Waals surface area contributed by atoms with Gasteiger partial charge in [-0.3, -0.25) is 0 Å². The molecule has 2 aromatic carbocycles. The van der Waals surface area contributed by atoms with Gasteiger partial charge in [-0.15, -0.1) is 0 Å². The lowest BCUT2D eigenvalue weighted by Crippen LogP contribution is -2.24. The molecule has 2 heteroatoms. The van der Waals surface area contributed by atoms with Crippen LogP contribution >= 0.6 is 0 Å². The third-order valence-corrected chi connectivity index (χ3v) is 4.35. The lowest BCUT2D eigenvalue weighted by atomic mass is 10.0. The Balaban J connectivity index is 2.43. The Morgan fingerprint density at radius 3 is 1.71 bits per heavy atom. The minimum absolute atomic E-state index is 0.970. The fraction of sp³-hybridized carbons (Fsp3) is 0.409. The summed E-state index contributed by atoms with van der Waals surface area (Å²) in [6, 6.07) is 8.90. The summed E-state index contributed by atoms with van der Waals surface area (Å²) in [6.07, 6.45) is 3.10. The Bertz CT molecular complexity index is 711. The van der Waals surface area contributed by atoms with Crippen LogP contribution in [0.3, 0.4) is 0 Å². The summed E-state index contributed by atoms with van der Waals surface area (Å²) < 4.78 is 0. The van der Waals surface area contributed by atoms with E-state index in [1.54, 1.807) is 0 Å². The summed E-state index contributed by atoms with van der Waals surface area (Å²) in [4.78, 5) is 7.14. The van der Waals surface area contributed by atoms with E-state index in [1.807, 2.05) is 6.34 Å². The third kappa shape index (κ3) is 4.05. The molecule has 0 unspecified atom stereocenters. The smallest absolute Gasteiger partial charge is 0.0957 e. The molecule has 0 radical (unpaired) electrons. The average molecular weight is 322 g/mol. The maximum Gasteiger partial charge on any atom is 0.0957 e. The van der Waals surface area contributed by atoms with Crippen molar-refractivity contribution in [2.24, 2.45) is 4.99 Å². The molecular formula is C22H30N2. The highest BCUT2D eigenvalue weighted by Gasteiger charge is 2.11. The molecule has 0 aliphatic rings. The third-order valence-electron chi connectivity index (χ3n) is 4.35. The minimum atomic E-state index is 0.970. The first-order chi connectivity index (χ1) is 11.3. The van der Waals surface area contributed by atoms with E-state index in [1.165, 1.54) is 39.1 Å². The fourth-order valence-electron chi connectivity index (χ4n) is 3.60. The van der Waals surface area contributed by atoms with Crippen LogP contribution in [0.1, 0.15) is 46.7 Å².